The molecule has 0 spiro atoms. The third kappa shape index (κ3) is 3.16. The first-order valence-electron chi connectivity index (χ1n) is 3.98. The van der Waals surface area contributed by atoms with Crippen LogP contribution in [0.5, 0.6) is 0 Å². The van der Waals surface area contributed by atoms with E-state index in [0.29, 0.717) is 0 Å². The van der Waals surface area contributed by atoms with Crippen LogP contribution in [0, 0.1) is 0 Å². The molecule has 1 rings (SSSR count). The molecule has 72 valence electrons. The predicted octanol–water partition coefficient (Wildman–Crippen LogP) is 0.851. The molecule has 1 atom stereocenters. The van der Waals surface area contributed by atoms with Gasteiger partial charge in [0, 0.05) is 0 Å². The number of hydrogen-bond donors (Lipinski definition) is 2. The lowest BCUT2D eigenvalue weighted by Gasteiger charge is -2.04. The second kappa shape index (κ2) is 4.39. The number of aliphatic hydroxyl groups excluding tert-OH is 1. The van der Waals surface area contributed by atoms with Gasteiger partial charge in [0.1, 0.15) is 10.7 Å². The second-order valence-corrected chi connectivity index (χ2v) is 3.89. The van der Waals surface area contributed by atoms with Gasteiger partial charge >= 0.3 is 0 Å². The van der Waals surface area contributed by atoms with Gasteiger partial charge < -0.3 is 5.11 Å². The zero-order chi connectivity index (χ0) is 9.84. The fourth-order valence-corrected chi connectivity index (χ4v) is 1.56. The molecule has 1 aromatic carbocycles. The first-order valence-corrected chi connectivity index (χ1v) is 5.34. The lowest BCUT2D eigenvalue weighted by Crippen LogP contribution is -1.92. The zero-order valence-electron chi connectivity index (χ0n) is 7.30. The van der Waals surface area contributed by atoms with E-state index in [1.807, 2.05) is 0 Å². The molecule has 1 aromatic rings. The Hall–Kier alpha value is -0.870. The highest BCUT2D eigenvalue weighted by molar-refractivity contribution is 7.71. The van der Waals surface area contributed by atoms with Crippen LogP contribution in [-0.2, 0) is 16.5 Å². The highest BCUT2D eigenvalue weighted by Crippen LogP contribution is 2.12. The summed E-state index contributed by atoms with van der Waals surface area (Å²) in [6.45, 7) is 1.67. The average molecular weight is 200 g/mol. The van der Waals surface area contributed by atoms with Gasteiger partial charge in [0.25, 0.3) is 0 Å². The van der Waals surface area contributed by atoms with Crippen LogP contribution in [0.3, 0.4) is 0 Å². The summed E-state index contributed by atoms with van der Waals surface area (Å²) >= 11 is 0. The van der Waals surface area contributed by atoms with Gasteiger partial charge in [-0.05, 0) is 18.1 Å². The van der Waals surface area contributed by atoms with Crippen LogP contribution in [0.25, 0.3) is 0 Å². The van der Waals surface area contributed by atoms with E-state index in [1.54, 1.807) is 31.2 Å². The van der Waals surface area contributed by atoms with Gasteiger partial charge in [0.2, 0.25) is 0 Å². The second-order valence-electron chi connectivity index (χ2n) is 2.91. The molecule has 4 heteroatoms. The summed E-state index contributed by atoms with van der Waals surface area (Å²) in [7, 11) is -2.36. The van der Waals surface area contributed by atoms with E-state index < -0.39 is 16.8 Å². The largest absolute Gasteiger partial charge is 0.389 e. The molecule has 0 unspecified atom stereocenters. The Labute approximate surface area is 79.0 Å². The Bertz CT molecular complexity index is 330. The Morgan fingerprint density at radius 2 is 1.85 bits per heavy atom. The smallest absolute Gasteiger partial charge is 0.144 e. The van der Waals surface area contributed by atoms with Crippen molar-refractivity contribution in [2.75, 3.05) is 0 Å². The number of hydrogen-bond acceptors (Lipinski definition) is 3. The summed E-state index contributed by atoms with van der Waals surface area (Å²) in [6, 6.07) is 6.90. The molecule has 0 heterocycles. The third-order valence-corrected chi connectivity index (χ3v) is 2.40. The molecule has 0 aliphatic heterocycles. The topological polar surface area (TPSA) is 54.4 Å². The first-order chi connectivity index (χ1) is 6.09. The Kier molecular flexibility index (Phi) is 3.45. The number of aliphatic hydroxyl groups is 1. The van der Waals surface area contributed by atoms with Crippen molar-refractivity contribution in [2.24, 2.45) is 0 Å². The summed E-state index contributed by atoms with van der Waals surface area (Å²) in [5.41, 5.74) is 1.55. The van der Waals surface area contributed by atoms with Crippen molar-refractivity contribution in [3.63, 3.8) is 0 Å². The molecular weight excluding hydrogens is 188 g/mol. The Morgan fingerprint density at radius 3 is 2.23 bits per heavy atom. The van der Waals surface area contributed by atoms with Crippen LogP contribution in [0.4, 0.5) is 0 Å². The molecule has 0 saturated heterocycles. The molecule has 0 aliphatic rings. The van der Waals surface area contributed by atoms with Gasteiger partial charge in [-0.25, -0.2) is 8.42 Å². The van der Waals surface area contributed by atoms with Gasteiger partial charge in [-0.2, -0.15) is 0 Å². The van der Waals surface area contributed by atoms with Crippen molar-refractivity contribution in [3.05, 3.63) is 35.4 Å². The lowest BCUT2D eigenvalue weighted by molar-refractivity contribution is 0.199. The van der Waals surface area contributed by atoms with E-state index >= 15 is 0 Å². The van der Waals surface area contributed by atoms with Gasteiger partial charge in [-0.1, -0.05) is 24.3 Å². The summed E-state index contributed by atoms with van der Waals surface area (Å²) in [6.07, 6.45) is -0.505. The standard InChI is InChI=1S/C9H12O3S/c1-7(10)9-4-2-8(3-5-9)6-13(11)12/h2-5,7,10,13H,6H2,1H3/t7-/m1/s1. The average Bonchev–Trinajstić information content (AvgIpc) is 2.04. The van der Waals surface area contributed by atoms with Crippen LogP contribution < -0.4 is 0 Å². The molecule has 0 aromatic heterocycles. The molecule has 0 saturated carbocycles. The van der Waals surface area contributed by atoms with Crippen LogP contribution >= 0.6 is 0 Å². The van der Waals surface area contributed by atoms with E-state index in [1.165, 1.54) is 0 Å². The van der Waals surface area contributed by atoms with Crippen LogP contribution in [0.1, 0.15) is 24.2 Å². The maximum Gasteiger partial charge on any atom is 0.144 e. The molecule has 0 radical (unpaired) electrons. The summed E-state index contributed by atoms with van der Waals surface area (Å²) in [5.74, 6) is 0.0649. The van der Waals surface area contributed by atoms with Crippen molar-refractivity contribution in [3.8, 4) is 0 Å². The monoisotopic (exact) mass is 200 g/mol. The summed E-state index contributed by atoms with van der Waals surface area (Å²) in [4.78, 5) is 0. The van der Waals surface area contributed by atoms with Gasteiger partial charge in [-0.15, -0.1) is 0 Å². The fraction of sp³-hybridized carbons (Fsp3) is 0.333. The fourth-order valence-electron chi connectivity index (χ4n) is 1.05. The van der Waals surface area contributed by atoms with Gasteiger partial charge in [-0.3, -0.25) is 0 Å². The minimum absolute atomic E-state index is 0.0649. The van der Waals surface area contributed by atoms with Gasteiger partial charge in [0.15, 0.2) is 0 Å². The third-order valence-electron chi connectivity index (χ3n) is 1.77. The Morgan fingerprint density at radius 1 is 1.31 bits per heavy atom. The maximum absolute atomic E-state index is 10.4. The molecule has 0 aliphatic carbocycles. The Balaban J connectivity index is 2.81. The lowest BCUT2D eigenvalue weighted by atomic mass is 10.1. The number of rotatable bonds is 3. The van der Waals surface area contributed by atoms with Crippen molar-refractivity contribution in [1.29, 1.82) is 0 Å². The predicted molar refractivity (Wildman–Crippen MR) is 51.1 cm³/mol. The van der Waals surface area contributed by atoms with Crippen molar-refractivity contribution in [2.45, 2.75) is 18.8 Å². The van der Waals surface area contributed by atoms with E-state index in [4.69, 9.17) is 0 Å². The van der Waals surface area contributed by atoms with Crippen molar-refractivity contribution < 1.29 is 13.5 Å². The molecule has 0 bridgehead atoms. The minimum Gasteiger partial charge on any atom is -0.389 e. The van der Waals surface area contributed by atoms with Crippen molar-refractivity contribution >= 4 is 10.7 Å². The molecule has 3 nitrogen and oxygen atoms in total. The summed E-state index contributed by atoms with van der Waals surface area (Å²) in [5, 5.41) is 9.18. The van der Waals surface area contributed by atoms with E-state index in [-0.39, 0.29) is 5.75 Å². The number of thiol groups is 1. The highest BCUT2D eigenvalue weighted by Gasteiger charge is 2.00. The normalized spacial score (nSPS) is 13.2. The van der Waals surface area contributed by atoms with Crippen LogP contribution in [0.15, 0.2) is 24.3 Å². The SMILES string of the molecule is C[C@@H](O)c1ccc(C[SH](=O)=O)cc1. The van der Waals surface area contributed by atoms with Crippen molar-refractivity contribution in [1.82, 2.24) is 0 Å². The number of benzene rings is 1. The first kappa shape index (κ1) is 10.2. The van der Waals surface area contributed by atoms with E-state index in [0.717, 1.165) is 11.1 Å². The summed E-state index contributed by atoms with van der Waals surface area (Å²) < 4.78 is 20.8. The van der Waals surface area contributed by atoms with E-state index in [9.17, 15) is 13.5 Å². The molecular formula is C9H12O3S. The molecule has 0 amide bonds. The molecule has 0 fully saturated rings. The zero-order valence-corrected chi connectivity index (χ0v) is 8.20. The molecule has 1 N–H and O–H groups in total. The van der Waals surface area contributed by atoms with Crippen LogP contribution in [0.2, 0.25) is 0 Å². The minimum atomic E-state index is -2.36. The van der Waals surface area contributed by atoms with E-state index in [2.05, 4.69) is 0 Å². The quantitative estimate of drug-likeness (QED) is 0.711. The highest BCUT2D eigenvalue weighted by atomic mass is 32.2. The van der Waals surface area contributed by atoms with Crippen LogP contribution in [-0.4, -0.2) is 13.5 Å². The maximum atomic E-state index is 10.4. The molecule has 13 heavy (non-hydrogen) atoms. The van der Waals surface area contributed by atoms with Gasteiger partial charge in [0.05, 0.1) is 11.9 Å².